The number of methoxy groups -OCH3 is 2. The molecule has 1 unspecified atom stereocenters. The summed E-state index contributed by atoms with van der Waals surface area (Å²) < 4.78 is 23.9. The second-order valence-corrected chi connectivity index (χ2v) is 15.1. The number of rotatable bonds is 17. The van der Waals surface area contributed by atoms with Gasteiger partial charge in [-0.15, -0.1) is 0 Å². The van der Waals surface area contributed by atoms with Crippen LogP contribution in [0.2, 0.25) is 0 Å². The Kier molecular flexibility index (Phi) is 12.0. The normalized spacial score (nSPS) is 14.4. The second kappa shape index (κ2) is 14.7. The first-order chi connectivity index (χ1) is 20.6. The van der Waals surface area contributed by atoms with Crippen molar-refractivity contribution >= 4 is 0 Å². The van der Waals surface area contributed by atoms with Gasteiger partial charge in [0.05, 0.1) is 18.8 Å². The molecule has 0 amide bonds. The van der Waals surface area contributed by atoms with Gasteiger partial charge in [-0.1, -0.05) is 120 Å². The van der Waals surface area contributed by atoms with Gasteiger partial charge in [0, 0.05) is 32.8 Å². The zero-order valence-electron chi connectivity index (χ0n) is 29.4. The molecule has 242 valence electrons. The lowest BCUT2D eigenvalue weighted by Gasteiger charge is -2.34. The average Bonchev–Trinajstić information content (AvgIpc) is 2.97. The van der Waals surface area contributed by atoms with Crippen LogP contribution in [0.1, 0.15) is 103 Å². The highest BCUT2D eigenvalue weighted by Crippen LogP contribution is 2.38. The van der Waals surface area contributed by atoms with E-state index in [2.05, 4.69) is 141 Å². The van der Waals surface area contributed by atoms with E-state index in [1.54, 1.807) is 14.2 Å². The molecular formula is C40H58O4. The Morgan fingerprint density at radius 2 is 0.841 bits per heavy atom. The molecule has 0 aliphatic heterocycles. The van der Waals surface area contributed by atoms with E-state index in [-0.39, 0.29) is 21.8 Å². The highest BCUT2D eigenvalue weighted by atomic mass is 16.5. The highest BCUT2D eigenvalue weighted by molar-refractivity contribution is 5.43. The molecule has 0 fully saturated rings. The summed E-state index contributed by atoms with van der Waals surface area (Å²) in [5, 5.41) is 0. The third-order valence-electron chi connectivity index (χ3n) is 9.27. The standard InChI is InChI=1S/C40H58O4/c1-36(2,29-41-10)25-27-43-39(7,8)33-21-17-31(18-22-33)38(5,6)32-19-23-35(24-20-32)40(9,34-15-13-12-14-16-34)44-28-26-37(3,4)30-42-11/h12-24H,25-30H2,1-11H3. The minimum Gasteiger partial charge on any atom is -0.384 e. The van der Waals surface area contributed by atoms with Crippen LogP contribution in [0.15, 0.2) is 78.9 Å². The van der Waals surface area contributed by atoms with E-state index in [4.69, 9.17) is 18.9 Å². The predicted molar refractivity (Wildman–Crippen MR) is 183 cm³/mol. The molecule has 3 aromatic rings. The zero-order valence-corrected chi connectivity index (χ0v) is 29.4. The summed E-state index contributed by atoms with van der Waals surface area (Å²) in [7, 11) is 3.52. The molecule has 0 saturated heterocycles. The Morgan fingerprint density at radius 1 is 0.455 bits per heavy atom. The quantitative estimate of drug-likeness (QED) is 0.154. The lowest BCUT2D eigenvalue weighted by atomic mass is 9.76. The SMILES string of the molecule is COCC(C)(C)CCOC(C)(C)c1ccc(C(C)(C)c2ccc(C(C)(OCCC(C)(C)COC)c3ccccc3)cc2)cc1. The van der Waals surface area contributed by atoms with Crippen LogP contribution in [0, 0.1) is 10.8 Å². The molecule has 0 aromatic heterocycles. The van der Waals surface area contributed by atoms with Gasteiger partial charge < -0.3 is 18.9 Å². The summed E-state index contributed by atoms with van der Waals surface area (Å²) in [6, 6.07) is 28.5. The molecule has 44 heavy (non-hydrogen) atoms. The summed E-state index contributed by atoms with van der Waals surface area (Å²) >= 11 is 0. The molecule has 3 rings (SSSR count). The van der Waals surface area contributed by atoms with Crippen LogP contribution in [0.5, 0.6) is 0 Å². The summed E-state index contributed by atoms with van der Waals surface area (Å²) in [5.41, 5.74) is 5.08. The Labute approximate surface area is 268 Å². The number of hydrogen-bond acceptors (Lipinski definition) is 4. The molecule has 0 aliphatic carbocycles. The maximum absolute atomic E-state index is 6.72. The minimum absolute atomic E-state index is 0.0537. The first kappa shape index (κ1) is 36.0. The van der Waals surface area contributed by atoms with Crippen LogP contribution < -0.4 is 0 Å². The van der Waals surface area contributed by atoms with Crippen molar-refractivity contribution in [3.05, 3.63) is 107 Å². The van der Waals surface area contributed by atoms with E-state index in [1.165, 1.54) is 16.7 Å². The van der Waals surface area contributed by atoms with Crippen molar-refractivity contribution < 1.29 is 18.9 Å². The van der Waals surface area contributed by atoms with E-state index < -0.39 is 5.60 Å². The van der Waals surface area contributed by atoms with Crippen molar-refractivity contribution in [1.82, 2.24) is 0 Å². The van der Waals surface area contributed by atoms with Crippen molar-refractivity contribution in [3.63, 3.8) is 0 Å². The van der Waals surface area contributed by atoms with E-state index in [0.717, 1.165) is 30.6 Å². The molecule has 0 N–H and O–H groups in total. The van der Waals surface area contributed by atoms with E-state index in [0.29, 0.717) is 19.8 Å². The van der Waals surface area contributed by atoms with Gasteiger partial charge in [0.1, 0.15) is 5.60 Å². The minimum atomic E-state index is -0.556. The predicted octanol–water partition coefficient (Wildman–Crippen LogP) is 9.67. The lowest BCUT2D eigenvalue weighted by Crippen LogP contribution is -2.30. The Balaban J connectivity index is 1.78. The van der Waals surface area contributed by atoms with Crippen LogP contribution in [-0.4, -0.2) is 40.6 Å². The van der Waals surface area contributed by atoms with Gasteiger partial charge in [0.15, 0.2) is 0 Å². The van der Waals surface area contributed by atoms with Crippen LogP contribution in [0.3, 0.4) is 0 Å². The van der Waals surface area contributed by atoms with Crippen LogP contribution >= 0.6 is 0 Å². The number of hydrogen-bond donors (Lipinski definition) is 0. The molecule has 0 radical (unpaired) electrons. The molecular weight excluding hydrogens is 544 g/mol. The first-order valence-corrected chi connectivity index (χ1v) is 16.1. The third kappa shape index (κ3) is 9.26. The van der Waals surface area contributed by atoms with Gasteiger partial charge in [-0.25, -0.2) is 0 Å². The van der Waals surface area contributed by atoms with E-state index >= 15 is 0 Å². The fourth-order valence-corrected chi connectivity index (χ4v) is 5.87. The molecule has 0 bridgehead atoms. The average molecular weight is 603 g/mol. The van der Waals surface area contributed by atoms with Crippen molar-refractivity contribution in [2.24, 2.45) is 10.8 Å². The van der Waals surface area contributed by atoms with Crippen molar-refractivity contribution in [2.75, 3.05) is 40.6 Å². The Hall–Kier alpha value is -2.50. The molecule has 0 saturated carbocycles. The maximum atomic E-state index is 6.72. The molecule has 0 heterocycles. The van der Waals surface area contributed by atoms with Gasteiger partial charge >= 0.3 is 0 Å². The van der Waals surface area contributed by atoms with Crippen molar-refractivity contribution in [3.8, 4) is 0 Å². The molecule has 3 aromatic carbocycles. The molecule has 0 aliphatic rings. The van der Waals surface area contributed by atoms with Gasteiger partial charge in [0.25, 0.3) is 0 Å². The fourth-order valence-electron chi connectivity index (χ4n) is 5.87. The summed E-state index contributed by atoms with van der Waals surface area (Å²) in [6.45, 7) is 22.7. The topological polar surface area (TPSA) is 36.9 Å². The first-order valence-electron chi connectivity index (χ1n) is 16.1. The Bertz CT molecular complexity index is 1270. The highest BCUT2D eigenvalue weighted by Gasteiger charge is 2.32. The molecule has 4 nitrogen and oxygen atoms in total. The Morgan fingerprint density at radius 3 is 1.30 bits per heavy atom. The summed E-state index contributed by atoms with van der Waals surface area (Å²) in [5.74, 6) is 0. The summed E-state index contributed by atoms with van der Waals surface area (Å²) in [4.78, 5) is 0. The summed E-state index contributed by atoms with van der Waals surface area (Å²) in [6.07, 6.45) is 1.86. The second-order valence-electron chi connectivity index (χ2n) is 15.1. The van der Waals surface area contributed by atoms with Crippen LogP contribution in [0.25, 0.3) is 0 Å². The zero-order chi connectivity index (χ0) is 32.7. The fraction of sp³-hybridized carbons (Fsp3) is 0.550. The lowest BCUT2D eigenvalue weighted by molar-refractivity contribution is -0.0398. The maximum Gasteiger partial charge on any atom is 0.115 e. The van der Waals surface area contributed by atoms with Crippen molar-refractivity contribution in [2.45, 2.75) is 91.8 Å². The van der Waals surface area contributed by atoms with Crippen LogP contribution in [0.4, 0.5) is 0 Å². The monoisotopic (exact) mass is 602 g/mol. The van der Waals surface area contributed by atoms with Crippen LogP contribution in [-0.2, 0) is 35.6 Å². The van der Waals surface area contributed by atoms with E-state index in [1.807, 2.05) is 0 Å². The molecule has 4 heteroatoms. The number of benzene rings is 3. The smallest absolute Gasteiger partial charge is 0.115 e. The molecule has 1 atom stereocenters. The van der Waals surface area contributed by atoms with Gasteiger partial charge in [-0.2, -0.15) is 0 Å². The molecule has 0 spiro atoms. The van der Waals surface area contributed by atoms with Gasteiger partial charge in [-0.05, 0) is 72.3 Å². The van der Waals surface area contributed by atoms with E-state index in [9.17, 15) is 0 Å². The van der Waals surface area contributed by atoms with Gasteiger partial charge in [-0.3, -0.25) is 0 Å². The van der Waals surface area contributed by atoms with Gasteiger partial charge in [0.2, 0.25) is 0 Å². The third-order valence-corrected chi connectivity index (χ3v) is 9.27. The largest absolute Gasteiger partial charge is 0.384 e. The van der Waals surface area contributed by atoms with Crippen molar-refractivity contribution in [1.29, 1.82) is 0 Å². The number of ether oxygens (including phenoxy) is 4.